The molecule has 10 rings (SSSR count). The summed E-state index contributed by atoms with van der Waals surface area (Å²) in [6, 6.07) is 83.5. The van der Waals surface area contributed by atoms with Crippen molar-refractivity contribution in [3.05, 3.63) is 266 Å². The van der Waals surface area contributed by atoms with E-state index in [1.807, 2.05) is 166 Å². The standard InChI is InChI=1S/2C17H12N.C13H12N.C12H10N.CH4.2Ir/c2*1-2-7-14(8-3-1)15-9-6-10-16(13-15)17-11-4-5-12-18-17;1-10-8-11(2)14-13(9-10)12-6-4-3-5-7-12;1-10-6-5-9-12(13-10)11-7-3-2-4-8-11;;;/h2*1-9,11-13H;3-6,8-9H,1-2H3;2-7,9H,1H3;1H4;;/q4*-1;;;. The summed E-state index contributed by atoms with van der Waals surface area (Å²) in [5.74, 6) is 0. The van der Waals surface area contributed by atoms with E-state index in [4.69, 9.17) is 0 Å². The molecule has 6 heteroatoms. The van der Waals surface area contributed by atoms with Crippen molar-refractivity contribution in [1.82, 2.24) is 19.9 Å². The molecule has 0 bridgehead atoms. The van der Waals surface area contributed by atoms with Crippen LogP contribution in [-0.4, -0.2) is 19.9 Å². The Hall–Kier alpha value is -6.78. The molecule has 0 aliphatic carbocycles. The first-order valence-electron chi connectivity index (χ1n) is 20.8. The third-order valence-corrected chi connectivity index (χ3v) is 9.66. The molecule has 0 saturated heterocycles. The Bertz CT molecular complexity index is 2650. The molecule has 6 aromatic carbocycles. The molecule has 332 valence electrons. The molecule has 0 spiro atoms. The van der Waals surface area contributed by atoms with Crippen LogP contribution in [0.25, 0.3) is 67.3 Å². The third-order valence-electron chi connectivity index (χ3n) is 9.66. The first-order chi connectivity index (χ1) is 31.0. The molecular weight excluding hydrogens is 1160 g/mol. The quantitative estimate of drug-likeness (QED) is 0.156. The molecule has 4 nitrogen and oxygen atoms in total. The van der Waals surface area contributed by atoms with Crippen LogP contribution < -0.4 is 0 Å². The molecule has 0 unspecified atom stereocenters. The van der Waals surface area contributed by atoms with Crippen molar-refractivity contribution < 1.29 is 40.2 Å². The van der Waals surface area contributed by atoms with E-state index >= 15 is 0 Å². The molecule has 0 aliphatic heterocycles. The van der Waals surface area contributed by atoms with E-state index in [-0.39, 0.29) is 47.6 Å². The van der Waals surface area contributed by atoms with Crippen molar-refractivity contribution in [3.8, 4) is 67.3 Å². The smallest absolute Gasteiger partial charge is 0.0268 e. The Balaban J connectivity index is 0.000000191. The molecule has 0 fully saturated rings. The van der Waals surface area contributed by atoms with Gasteiger partial charge < -0.3 is 19.9 Å². The second-order valence-corrected chi connectivity index (χ2v) is 14.5. The molecule has 0 aliphatic rings. The summed E-state index contributed by atoms with van der Waals surface area (Å²) in [4.78, 5) is 17.6. The minimum Gasteiger partial charge on any atom is -0.305 e. The van der Waals surface area contributed by atoms with Crippen LogP contribution >= 0.6 is 0 Å². The minimum absolute atomic E-state index is 0. The normalized spacial score (nSPS) is 9.68. The average molecular weight is 1210 g/mol. The zero-order valence-electron chi connectivity index (χ0n) is 36.3. The predicted octanol–water partition coefficient (Wildman–Crippen LogP) is 15.1. The van der Waals surface area contributed by atoms with Crippen LogP contribution in [0.15, 0.2) is 225 Å². The van der Waals surface area contributed by atoms with Crippen molar-refractivity contribution in [3.63, 3.8) is 0 Å². The third kappa shape index (κ3) is 15.7. The maximum Gasteiger partial charge on any atom is 0.0268 e. The Kier molecular flexibility index (Phi) is 21.6. The number of aromatic nitrogens is 4. The van der Waals surface area contributed by atoms with Gasteiger partial charge in [-0.15, -0.1) is 143 Å². The summed E-state index contributed by atoms with van der Waals surface area (Å²) in [6.45, 7) is 6.09. The number of nitrogens with zero attached hydrogens (tertiary/aromatic N) is 4. The topological polar surface area (TPSA) is 51.6 Å². The van der Waals surface area contributed by atoms with E-state index in [1.54, 1.807) is 12.4 Å². The summed E-state index contributed by atoms with van der Waals surface area (Å²) in [7, 11) is 0. The number of pyridine rings is 4. The monoisotopic (exact) mass is 1210 g/mol. The maximum atomic E-state index is 4.47. The summed E-state index contributed by atoms with van der Waals surface area (Å²) < 4.78 is 0. The Morgan fingerprint density at radius 1 is 0.318 bits per heavy atom. The first-order valence-corrected chi connectivity index (χ1v) is 20.8. The molecule has 66 heavy (non-hydrogen) atoms. The minimum atomic E-state index is 0. The fraction of sp³-hybridized carbons (Fsp3) is 0.0667. The van der Waals surface area contributed by atoms with Gasteiger partial charge in [0.2, 0.25) is 0 Å². The van der Waals surface area contributed by atoms with Crippen LogP contribution in [0.4, 0.5) is 0 Å². The number of rotatable bonds is 6. The van der Waals surface area contributed by atoms with E-state index in [2.05, 4.69) is 112 Å². The molecule has 0 saturated carbocycles. The molecule has 0 amide bonds. The van der Waals surface area contributed by atoms with Crippen molar-refractivity contribution in [2.24, 2.45) is 0 Å². The fourth-order valence-electron chi connectivity index (χ4n) is 6.67. The molecule has 4 heterocycles. The van der Waals surface area contributed by atoms with Gasteiger partial charge in [0.1, 0.15) is 0 Å². The largest absolute Gasteiger partial charge is 0.305 e. The summed E-state index contributed by atoms with van der Waals surface area (Å²) in [6.07, 6.45) is 3.61. The molecule has 2 radical (unpaired) electrons. The van der Waals surface area contributed by atoms with E-state index in [0.29, 0.717) is 0 Å². The van der Waals surface area contributed by atoms with Crippen molar-refractivity contribution in [2.45, 2.75) is 28.2 Å². The molecule has 0 atom stereocenters. The van der Waals surface area contributed by atoms with Gasteiger partial charge in [-0.3, -0.25) is 0 Å². The molecule has 4 aromatic heterocycles. The molecule has 10 aromatic rings. The Morgan fingerprint density at radius 2 is 0.758 bits per heavy atom. The van der Waals surface area contributed by atoms with Gasteiger partial charge >= 0.3 is 0 Å². The zero-order chi connectivity index (χ0) is 43.5. The van der Waals surface area contributed by atoms with Crippen LogP contribution in [-0.2, 0) is 40.2 Å². The van der Waals surface area contributed by atoms with E-state index in [1.165, 1.54) is 27.8 Å². The summed E-state index contributed by atoms with van der Waals surface area (Å²) in [5, 5.41) is 0. The Labute approximate surface area is 418 Å². The van der Waals surface area contributed by atoms with Gasteiger partial charge in [0.25, 0.3) is 0 Å². The van der Waals surface area contributed by atoms with E-state index in [9.17, 15) is 0 Å². The van der Waals surface area contributed by atoms with Gasteiger partial charge in [-0.05, 0) is 78.9 Å². The number of hydrogen-bond acceptors (Lipinski definition) is 4. The first kappa shape index (κ1) is 51.8. The van der Waals surface area contributed by atoms with Crippen LogP contribution in [0.2, 0.25) is 0 Å². The zero-order valence-corrected chi connectivity index (χ0v) is 41.1. The predicted molar refractivity (Wildman–Crippen MR) is 266 cm³/mol. The van der Waals surface area contributed by atoms with Gasteiger partial charge in [-0.1, -0.05) is 116 Å². The second-order valence-electron chi connectivity index (χ2n) is 14.5. The van der Waals surface area contributed by atoms with Gasteiger partial charge in [0.15, 0.2) is 0 Å². The number of benzene rings is 6. The van der Waals surface area contributed by atoms with Gasteiger partial charge in [0, 0.05) is 64.0 Å². The van der Waals surface area contributed by atoms with Gasteiger partial charge in [-0.25, -0.2) is 0 Å². The fourth-order valence-corrected chi connectivity index (χ4v) is 6.67. The average Bonchev–Trinajstić information content (AvgIpc) is 3.36. The van der Waals surface area contributed by atoms with E-state index < -0.39 is 0 Å². The summed E-state index contributed by atoms with van der Waals surface area (Å²) >= 11 is 0. The van der Waals surface area contributed by atoms with Crippen LogP contribution in [0.5, 0.6) is 0 Å². The summed E-state index contributed by atoms with van der Waals surface area (Å²) in [5.41, 5.74) is 16.2. The van der Waals surface area contributed by atoms with Gasteiger partial charge in [0.05, 0.1) is 0 Å². The SMILES string of the molecule is C.Cc1cc(C)nc(-c2[c-]cccc2)c1.Cc1cccc(-c2[c-]cccc2)n1.[Ir].[Ir].[c-]1ccc(-c2ccccc2)cc1-c1ccccn1.[c-]1ccc(-c2ccccc2)cc1-c1ccccn1. The Morgan fingerprint density at radius 3 is 1.20 bits per heavy atom. The number of hydrogen-bond donors (Lipinski definition) is 0. The van der Waals surface area contributed by atoms with Crippen LogP contribution in [0.3, 0.4) is 0 Å². The van der Waals surface area contributed by atoms with Gasteiger partial charge in [-0.2, -0.15) is 0 Å². The maximum absolute atomic E-state index is 4.47. The number of aryl methyl sites for hydroxylation is 3. The van der Waals surface area contributed by atoms with E-state index in [0.717, 1.165) is 56.4 Å². The van der Waals surface area contributed by atoms with Crippen molar-refractivity contribution in [1.29, 1.82) is 0 Å². The second kappa shape index (κ2) is 27.5. The van der Waals surface area contributed by atoms with Crippen LogP contribution in [0.1, 0.15) is 24.4 Å². The van der Waals surface area contributed by atoms with Crippen molar-refractivity contribution in [2.75, 3.05) is 0 Å². The molecule has 0 N–H and O–H groups in total. The molecular formula is C60H50Ir2N4-4. The van der Waals surface area contributed by atoms with Crippen molar-refractivity contribution >= 4 is 0 Å². The van der Waals surface area contributed by atoms with Crippen LogP contribution in [0, 0.1) is 45.0 Å².